The lowest BCUT2D eigenvalue weighted by molar-refractivity contribution is 0.666. The third kappa shape index (κ3) is 4.15. The molecule has 0 saturated carbocycles. The average Bonchev–Trinajstić information content (AvgIpc) is 3.85. The minimum atomic E-state index is 0.723. The van der Waals surface area contributed by atoms with Crippen LogP contribution in [0.5, 0.6) is 0 Å². The molecule has 6 aromatic carbocycles. The van der Waals surface area contributed by atoms with Crippen molar-refractivity contribution in [3.05, 3.63) is 170 Å². The Balaban J connectivity index is 1.06. The van der Waals surface area contributed by atoms with Crippen LogP contribution in [0.15, 0.2) is 175 Å². The summed E-state index contributed by atoms with van der Waals surface area (Å²) in [5, 5.41) is 5.79. The molecule has 5 heteroatoms. The number of pyridine rings is 2. The fourth-order valence-electron chi connectivity index (χ4n) is 7.97. The molecule has 0 spiro atoms. The number of aromatic nitrogens is 4. The highest BCUT2D eigenvalue weighted by atomic mass is 16.3. The molecule has 5 heterocycles. The van der Waals surface area contributed by atoms with Gasteiger partial charge in [-0.15, -0.1) is 0 Å². The van der Waals surface area contributed by atoms with Crippen molar-refractivity contribution >= 4 is 65.7 Å². The fraction of sp³-hybridized carbons (Fsp3) is 0. The molecule has 0 saturated heterocycles. The Morgan fingerprint density at radius 3 is 1.61 bits per heavy atom. The van der Waals surface area contributed by atoms with Crippen molar-refractivity contribution in [1.29, 1.82) is 0 Å². The van der Waals surface area contributed by atoms with Gasteiger partial charge in [-0.2, -0.15) is 0 Å². The second-order valence-electron chi connectivity index (χ2n) is 13.1. The van der Waals surface area contributed by atoms with Gasteiger partial charge >= 0.3 is 0 Å². The lowest BCUT2D eigenvalue weighted by Gasteiger charge is -2.08. The van der Waals surface area contributed by atoms with Crippen LogP contribution in [0, 0.1) is 0 Å². The summed E-state index contributed by atoms with van der Waals surface area (Å²) in [5.41, 5.74) is 13.4. The monoisotopic (exact) mass is 652 g/mol. The van der Waals surface area contributed by atoms with Gasteiger partial charge in [-0.25, -0.2) is 0 Å². The van der Waals surface area contributed by atoms with Crippen LogP contribution in [0.4, 0.5) is 0 Å². The molecule has 0 aliphatic heterocycles. The number of hydrogen-bond donors (Lipinski definition) is 0. The summed E-state index contributed by atoms with van der Waals surface area (Å²) in [6.45, 7) is 0. The number of rotatable bonds is 4. The Morgan fingerprint density at radius 1 is 0.412 bits per heavy atom. The summed E-state index contributed by atoms with van der Waals surface area (Å²) in [6, 6.07) is 53.7. The summed E-state index contributed by atoms with van der Waals surface area (Å²) in [7, 11) is 0. The van der Waals surface area contributed by atoms with Gasteiger partial charge in [0.25, 0.3) is 0 Å². The van der Waals surface area contributed by atoms with E-state index >= 15 is 0 Å². The molecular weight excluding hydrogens is 625 g/mol. The first-order valence-corrected chi connectivity index (χ1v) is 17.1. The van der Waals surface area contributed by atoms with E-state index in [0.717, 1.165) is 61.2 Å². The molecule has 5 nitrogen and oxygen atoms in total. The number of nitrogens with zero attached hydrogens (tertiary/aromatic N) is 4. The molecule has 0 fully saturated rings. The Labute approximate surface area is 292 Å². The van der Waals surface area contributed by atoms with Crippen LogP contribution in [-0.2, 0) is 0 Å². The quantitative estimate of drug-likeness (QED) is 0.190. The summed E-state index contributed by atoms with van der Waals surface area (Å²) >= 11 is 0. The number of hydrogen-bond acceptors (Lipinski definition) is 3. The highest BCUT2D eigenvalue weighted by Gasteiger charge is 2.19. The first-order valence-electron chi connectivity index (χ1n) is 17.1. The minimum absolute atomic E-state index is 0.723. The van der Waals surface area contributed by atoms with Crippen molar-refractivity contribution in [3.8, 4) is 33.6 Å². The molecule has 0 atom stereocenters. The molecule has 0 radical (unpaired) electrons. The van der Waals surface area contributed by atoms with E-state index < -0.39 is 0 Å². The standard InChI is InChI=1S/C46H28N4O/c1-3-11-32(12-4-1)49-39-17-9-7-15-34(39)36-23-29(19-21-41(36)49)31-25-43-46(48-26-31)45-38(27-47-28-44(45)51-43)30-20-22-42-37(24-30)35-16-8-10-18-40(35)50(42)33-13-5-2-6-14-33/h1-28H. The zero-order valence-corrected chi connectivity index (χ0v) is 27.4. The summed E-state index contributed by atoms with van der Waals surface area (Å²) in [6.07, 6.45) is 5.70. The van der Waals surface area contributed by atoms with E-state index in [1.807, 2.05) is 12.4 Å². The maximum Gasteiger partial charge on any atom is 0.155 e. The van der Waals surface area contributed by atoms with E-state index in [9.17, 15) is 0 Å². The lowest BCUT2D eigenvalue weighted by Crippen LogP contribution is -1.93. The molecular formula is C46H28N4O. The zero-order valence-electron chi connectivity index (χ0n) is 27.4. The van der Waals surface area contributed by atoms with Crippen LogP contribution in [0.1, 0.15) is 0 Å². The number of benzene rings is 6. The Kier molecular flexibility index (Phi) is 5.89. The van der Waals surface area contributed by atoms with Gasteiger partial charge in [-0.05, 0) is 77.9 Å². The molecule has 0 bridgehead atoms. The van der Waals surface area contributed by atoms with E-state index in [1.165, 1.54) is 38.1 Å². The number of para-hydroxylation sites is 4. The maximum atomic E-state index is 6.48. The Bertz CT molecular complexity index is 3130. The van der Waals surface area contributed by atoms with Gasteiger partial charge in [-0.1, -0.05) is 84.9 Å². The first kappa shape index (κ1) is 27.9. The van der Waals surface area contributed by atoms with Crippen molar-refractivity contribution in [2.75, 3.05) is 0 Å². The zero-order chi connectivity index (χ0) is 33.5. The topological polar surface area (TPSA) is 48.8 Å². The Morgan fingerprint density at radius 2 is 0.961 bits per heavy atom. The highest BCUT2D eigenvalue weighted by molar-refractivity contribution is 6.15. The van der Waals surface area contributed by atoms with Gasteiger partial charge < -0.3 is 13.6 Å². The van der Waals surface area contributed by atoms with Gasteiger partial charge in [0.2, 0.25) is 0 Å². The third-order valence-electron chi connectivity index (χ3n) is 10.2. The van der Waals surface area contributed by atoms with E-state index in [2.05, 4.69) is 166 Å². The largest absolute Gasteiger partial charge is 0.453 e. The molecule has 0 aliphatic carbocycles. The molecule has 5 aromatic heterocycles. The van der Waals surface area contributed by atoms with Crippen LogP contribution in [0.25, 0.3) is 99.3 Å². The van der Waals surface area contributed by atoms with Crippen molar-refractivity contribution in [1.82, 2.24) is 19.1 Å². The van der Waals surface area contributed by atoms with E-state index in [4.69, 9.17) is 9.40 Å². The molecule has 11 aromatic rings. The average molecular weight is 653 g/mol. The number of fused-ring (bicyclic) bond motifs is 9. The number of furan rings is 1. The first-order chi connectivity index (χ1) is 25.3. The van der Waals surface area contributed by atoms with E-state index in [1.54, 1.807) is 6.20 Å². The van der Waals surface area contributed by atoms with Crippen molar-refractivity contribution in [2.24, 2.45) is 0 Å². The second kappa shape index (κ2) is 10.8. The van der Waals surface area contributed by atoms with Crippen molar-refractivity contribution < 1.29 is 4.42 Å². The molecule has 0 N–H and O–H groups in total. The molecule has 0 aliphatic rings. The molecule has 11 rings (SSSR count). The normalized spacial score (nSPS) is 11.9. The summed E-state index contributed by atoms with van der Waals surface area (Å²) < 4.78 is 11.2. The van der Waals surface area contributed by atoms with Gasteiger partial charge in [0, 0.05) is 56.4 Å². The molecule has 51 heavy (non-hydrogen) atoms. The highest BCUT2D eigenvalue weighted by Crippen LogP contribution is 2.40. The van der Waals surface area contributed by atoms with Gasteiger partial charge in [0.05, 0.1) is 33.6 Å². The molecule has 238 valence electrons. The van der Waals surface area contributed by atoms with Crippen LogP contribution >= 0.6 is 0 Å². The van der Waals surface area contributed by atoms with E-state index in [0.29, 0.717) is 0 Å². The molecule has 0 unspecified atom stereocenters. The van der Waals surface area contributed by atoms with Gasteiger partial charge in [0.1, 0.15) is 5.52 Å². The molecule has 0 amide bonds. The van der Waals surface area contributed by atoms with Gasteiger partial charge in [0.15, 0.2) is 11.2 Å². The summed E-state index contributed by atoms with van der Waals surface area (Å²) in [4.78, 5) is 9.67. The second-order valence-corrected chi connectivity index (χ2v) is 13.1. The SMILES string of the molecule is c1ccc(-n2c3ccccc3c3cc(-c4cnc5c(c4)oc4cncc(-c6ccc7c(c6)c6ccccc6n7-c6ccccc6)c45)ccc32)cc1. The lowest BCUT2D eigenvalue weighted by atomic mass is 10.0. The third-order valence-corrected chi connectivity index (χ3v) is 10.2. The van der Waals surface area contributed by atoms with E-state index in [-0.39, 0.29) is 0 Å². The summed E-state index contributed by atoms with van der Waals surface area (Å²) in [5.74, 6) is 0. The van der Waals surface area contributed by atoms with Crippen LogP contribution in [-0.4, -0.2) is 19.1 Å². The fourth-order valence-corrected chi connectivity index (χ4v) is 7.97. The van der Waals surface area contributed by atoms with Crippen LogP contribution < -0.4 is 0 Å². The minimum Gasteiger partial charge on any atom is -0.453 e. The maximum absolute atomic E-state index is 6.48. The van der Waals surface area contributed by atoms with Gasteiger partial charge in [-0.3, -0.25) is 9.97 Å². The van der Waals surface area contributed by atoms with Crippen molar-refractivity contribution in [2.45, 2.75) is 0 Å². The van der Waals surface area contributed by atoms with Crippen molar-refractivity contribution in [3.63, 3.8) is 0 Å². The predicted molar refractivity (Wildman–Crippen MR) is 209 cm³/mol. The Hall–Kier alpha value is -6.98. The predicted octanol–water partition coefficient (Wildman–Crippen LogP) is 11.9. The van der Waals surface area contributed by atoms with Crippen LogP contribution in [0.3, 0.4) is 0 Å². The van der Waals surface area contributed by atoms with Crippen LogP contribution in [0.2, 0.25) is 0 Å². The smallest absolute Gasteiger partial charge is 0.155 e.